The van der Waals surface area contributed by atoms with Gasteiger partial charge in [0, 0.05) is 5.69 Å². The number of halogens is 1. The van der Waals surface area contributed by atoms with Gasteiger partial charge in [-0.25, -0.2) is 0 Å². The summed E-state index contributed by atoms with van der Waals surface area (Å²) < 4.78 is 2.94. The minimum Gasteiger partial charge on any atom is -0.329 e. The van der Waals surface area contributed by atoms with Gasteiger partial charge in [-0.1, -0.05) is 23.7 Å². The minimum absolute atomic E-state index is 0.784. The Morgan fingerprint density at radius 2 is 2.00 bits per heavy atom. The normalized spacial score (nSPS) is 9.00. The SMILES string of the molecule is [B]c1ccccc1NI. The molecule has 0 aliphatic carbocycles. The Morgan fingerprint density at radius 3 is 2.44 bits per heavy atom. The molecule has 0 atom stereocenters. The van der Waals surface area contributed by atoms with E-state index in [1.54, 1.807) is 0 Å². The first-order valence-electron chi connectivity index (χ1n) is 2.56. The summed E-state index contributed by atoms with van der Waals surface area (Å²) in [6.45, 7) is 0. The van der Waals surface area contributed by atoms with Crippen molar-refractivity contribution in [3.05, 3.63) is 24.3 Å². The minimum atomic E-state index is 0.784. The van der Waals surface area contributed by atoms with Crippen LogP contribution in [0.5, 0.6) is 0 Å². The molecular weight excluding hydrogens is 224 g/mol. The monoisotopic (exact) mass is 229 g/mol. The third-order valence-electron chi connectivity index (χ3n) is 1.06. The second-order valence-electron chi connectivity index (χ2n) is 1.68. The molecule has 0 saturated carbocycles. The molecule has 0 spiro atoms. The number of hydrogen-bond donors (Lipinski definition) is 1. The number of para-hydroxylation sites is 1. The average molecular weight is 229 g/mol. The van der Waals surface area contributed by atoms with Crippen LogP contribution in [0, 0.1) is 0 Å². The van der Waals surface area contributed by atoms with Crippen LogP contribution >= 0.6 is 22.9 Å². The first-order chi connectivity index (χ1) is 4.34. The number of rotatable bonds is 1. The van der Waals surface area contributed by atoms with Gasteiger partial charge in [0.15, 0.2) is 0 Å². The van der Waals surface area contributed by atoms with Crippen LogP contribution < -0.4 is 8.99 Å². The zero-order valence-electron chi connectivity index (χ0n) is 4.76. The molecule has 1 nitrogen and oxygen atoms in total. The molecular formula is C6H5BIN. The van der Waals surface area contributed by atoms with Crippen LogP contribution in [0.15, 0.2) is 24.3 Å². The molecule has 0 bridgehead atoms. The summed E-state index contributed by atoms with van der Waals surface area (Å²) in [5.74, 6) is 0. The lowest BCUT2D eigenvalue weighted by Crippen LogP contribution is -2.05. The van der Waals surface area contributed by atoms with Crippen molar-refractivity contribution >= 4 is 41.9 Å². The summed E-state index contributed by atoms with van der Waals surface area (Å²) in [5.41, 5.74) is 1.75. The van der Waals surface area contributed by atoms with Crippen LogP contribution in [0.25, 0.3) is 0 Å². The van der Waals surface area contributed by atoms with Crippen LogP contribution in [0.1, 0.15) is 0 Å². The Hall–Kier alpha value is -0.185. The van der Waals surface area contributed by atoms with E-state index in [-0.39, 0.29) is 0 Å². The van der Waals surface area contributed by atoms with Crippen LogP contribution in [0.3, 0.4) is 0 Å². The van der Waals surface area contributed by atoms with E-state index >= 15 is 0 Å². The van der Waals surface area contributed by atoms with Gasteiger partial charge < -0.3 is 3.53 Å². The molecule has 0 fully saturated rings. The number of benzene rings is 1. The van der Waals surface area contributed by atoms with E-state index in [4.69, 9.17) is 7.85 Å². The largest absolute Gasteiger partial charge is 0.329 e. The highest BCUT2D eigenvalue weighted by atomic mass is 127. The van der Waals surface area contributed by atoms with Crippen molar-refractivity contribution < 1.29 is 0 Å². The van der Waals surface area contributed by atoms with Crippen LogP contribution in [0.2, 0.25) is 0 Å². The van der Waals surface area contributed by atoms with Crippen molar-refractivity contribution in [2.45, 2.75) is 0 Å². The first-order valence-corrected chi connectivity index (χ1v) is 3.63. The Kier molecular flexibility index (Phi) is 2.39. The van der Waals surface area contributed by atoms with Gasteiger partial charge in [0.25, 0.3) is 0 Å². The lowest BCUT2D eigenvalue weighted by molar-refractivity contribution is 1.75. The summed E-state index contributed by atoms with van der Waals surface area (Å²) in [5, 5.41) is 0. The van der Waals surface area contributed by atoms with Gasteiger partial charge >= 0.3 is 0 Å². The molecule has 0 unspecified atom stereocenters. The molecule has 0 amide bonds. The van der Waals surface area contributed by atoms with Crippen molar-refractivity contribution in [1.29, 1.82) is 0 Å². The van der Waals surface area contributed by atoms with E-state index in [0.717, 1.165) is 11.2 Å². The highest BCUT2D eigenvalue weighted by Crippen LogP contribution is 2.02. The summed E-state index contributed by atoms with van der Waals surface area (Å²) in [6.07, 6.45) is 0. The van der Waals surface area contributed by atoms with Gasteiger partial charge in [-0.2, -0.15) is 0 Å². The number of anilines is 1. The molecule has 0 heterocycles. The molecule has 1 N–H and O–H groups in total. The van der Waals surface area contributed by atoms with Gasteiger partial charge in [0.05, 0.1) is 22.9 Å². The average Bonchev–Trinajstić information content (AvgIpc) is 1.89. The predicted molar refractivity (Wildman–Crippen MR) is 49.5 cm³/mol. The zero-order chi connectivity index (χ0) is 6.69. The van der Waals surface area contributed by atoms with E-state index in [2.05, 4.69) is 3.53 Å². The highest BCUT2D eigenvalue weighted by Gasteiger charge is 1.89. The fourth-order valence-electron chi connectivity index (χ4n) is 0.583. The molecule has 0 saturated heterocycles. The maximum atomic E-state index is 5.56. The molecule has 0 aliphatic rings. The number of hydrogen-bond acceptors (Lipinski definition) is 1. The quantitative estimate of drug-likeness (QED) is 0.434. The van der Waals surface area contributed by atoms with Crippen molar-refractivity contribution in [3.8, 4) is 0 Å². The molecule has 0 aromatic heterocycles. The lowest BCUT2D eigenvalue weighted by atomic mass is 9.95. The molecule has 1 aromatic carbocycles. The Labute approximate surface area is 69.8 Å². The van der Waals surface area contributed by atoms with Crippen LogP contribution in [-0.4, -0.2) is 7.85 Å². The molecule has 9 heavy (non-hydrogen) atoms. The van der Waals surface area contributed by atoms with Gasteiger partial charge in [-0.05, 0) is 6.07 Å². The topological polar surface area (TPSA) is 12.0 Å². The Bertz CT molecular complexity index is 202. The molecule has 1 rings (SSSR count). The third-order valence-corrected chi connectivity index (χ3v) is 1.64. The van der Waals surface area contributed by atoms with Crippen molar-refractivity contribution in [3.63, 3.8) is 0 Å². The smallest absolute Gasteiger partial charge is 0.116 e. The molecule has 3 heteroatoms. The van der Waals surface area contributed by atoms with Crippen LogP contribution in [-0.2, 0) is 0 Å². The summed E-state index contributed by atoms with van der Waals surface area (Å²) >= 11 is 2.05. The predicted octanol–water partition coefficient (Wildman–Crippen LogP) is 1.24. The maximum Gasteiger partial charge on any atom is 0.116 e. The van der Waals surface area contributed by atoms with Gasteiger partial charge in [0.2, 0.25) is 0 Å². The maximum absolute atomic E-state index is 5.56. The summed E-state index contributed by atoms with van der Waals surface area (Å²) in [7, 11) is 5.56. The zero-order valence-corrected chi connectivity index (χ0v) is 6.92. The number of nitrogens with one attached hydrogen (secondary N) is 1. The summed E-state index contributed by atoms with van der Waals surface area (Å²) in [4.78, 5) is 0. The Morgan fingerprint density at radius 1 is 1.33 bits per heavy atom. The van der Waals surface area contributed by atoms with Crippen molar-refractivity contribution in [2.24, 2.45) is 0 Å². The second-order valence-corrected chi connectivity index (χ2v) is 2.22. The van der Waals surface area contributed by atoms with Gasteiger partial charge in [0.1, 0.15) is 7.85 Å². The lowest BCUT2D eigenvalue weighted by Gasteiger charge is -2.00. The van der Waals surface area contributed by atoms with E-state index in [0.29, 0.717) is 0 Å². The highest BCUT2D eigenvalue weighted by molar-refractivity contribution is 14.1. The van der Waals surface area contributed by atoms with Gasteiger partial charge in [-0.3, -0.25) is 0 Å². The molecule has 44 valence electrons. The summed E-state index contributed by atoms with van der Waals surface area (Å²) in [6, 6.07) is 7.65. The molecule has 1 aromatic rings. The van der Waals surface area contributed by atoms with E-state index < -0.39 is 0 Å². The van der Waals surface area contributed by atoms with Gasteiger partial charge in [-0.15, -0.1) is 0 Å². The first kappa shape index (κ1) is 6.93. The van der Waals surface area contributed by atoms with Crippen LogP contribution in [0.4, 0.5) is 5.69 Å². The van der Waals surface area contributed by atoms with Crippen molar-refractivity contribution in [2.75, 3.05) is 3.53 Å². The fourth-order valence-corrected chi connectivity index (χ4v) is 1.07. The standard InChI is InChI=1S/C6H5BIN/c7-5-3-1-2-4-6(5)9-8/h1-4,9H. The fraction of sp³-hybridized carbons (Fsp3) is 0. The molecule has 0 aliphatic heterocycles. The van der Waals surface area contributed by atoms with E-state index in [9.17, 15) is 0 Å². The Balaban J connectivity index is 3.01. The third kappa shape index (κ3) is 1.61. The van der Waals surface area contributed by atoms with E-state index in [1.807, 2.05) is 47.1 Å². The second kappa shape index (κ2) is 3.10. The molecule has 2 radical (unpaired) electrons. The van der Waals surface area contributed by atoms with Crippen molar-refractivity contribution in [1.82, 2.24) is 0 Å². The van der Waals surface area contributed by atoms with E-state index in [1.165, 1.54) is 0 Å².